The summed E-state index contributed by atoms with van der Waals surface area (Å²) < 4.78 is 17.6. The average Bonchev–Trinajstić information content (AvgIpc) is 3.15. The van der Waals surface area contributed by atoms with Crippen LogP contribution in [0.3, 0.4) is 0 Å². The minimum atomic E-state index is -0.656. The first-order chi connectivity index (χ1) is 15.6. The van der Waals surface area contributed by atoms with Gasteiger partial charge >= 0.3 is 6.09 Å². The lowest BCUT2D eigenvalue weighted by Gasteiger charge is -2.39. The number of hydrogen-bond donors (Lipinski definition) is 1. The summed E-state index contributed by atoms with van der Waals surface area (Å²) in [5.74, 6) is 1.39. The number of hydrogen-bond acceptors (Lipinski definition) is 6. The molecule has 2 aromatic carbocycles. The molecule has 0 aliphatic carbocycles. The Bertz CT molecular complexity index is 979. The number of aliphatic hydroxyl groups is 1. The summed E-state index contributed by atoms with van der Waals surface area (Å²) in [5.41, 5.74) is 1.64. The van der Waals surface area contributed by atoms with Gasteiger partial charge in [-0.15, -0.1) is 12.4 Å². The summed E-state index contributed by atoms with van der Waals surface area (Å²) in [5, 5.41) is 10.8. The van der Waals surface area contributed by atoms with Crippen LogP contribution < -0.4 is 14.4 Å². The molecule has 2 atom stereocenters. The molecule has 1 N–H and O–H groups in total. The van der Waals surface area contributed by atoms with Gasteiger partial charge in [-0.05, 0) is 30.2 Å². The Morgan fingerprint density at radius 3 is 2.55 bits per heavy atom. The maximum atomic E-state index is 12.7. The van der Waals surface area contributed by atoms with Gasteiger partial charge in [0.05, 0.1) is 12.2 Å². The van der Waals surface area contributed by atoms with E-state index >= 15 is 0 Å². The molecule has 2 aromatic rings. The number of nitrogens with zero attached hydrogens (tertiary/aromatic N) is 2. The second kappa shape index (κ2) is 9.79. The van der Waals surface area contributed by atoms with Gasteiger partial charge < -0.3 is 24.2 Å². The van der Waals surface area contributed by atoms with Crippen molar-refractivity contribution < 1.29 is 24.1 Å². The van der Waals surface area contributed by atoms with E-state index in [1.165, 1.54) is 0 Å². The lowest BCUT2D eigenvalue weighted by Crippen LogP contribution is -2.51. The lowest BCUT2D eigenvalue weighted by atomic mass is 9.90. The number of likely N-dealkylation sites (tertiary alicyclic amines) is 1. The molecule has 7 nitrogen and oxygen atoms in total. The van der Waals surface area contributed by atoms with Crippen LogP contribution in [0, 0.1) is 0 Å². The lowest BCUT2D eigenvalue weighted by molar-refractivity contribution is -0.0449. The third kappa shape index (κ3) is 4.76. The zero-order valence-electron chi connectivity index (χ0n) is 18.8. The Kier molecular flexibility index (Phi) is 7.02. The fourth-order valence-corrected chi connectivity index (χ4v) is 4.89. The third-order valence-electron chi connectivity index (χ3n) is 6.81. The van der Waals surface area contributed by atoms with Gasteiger partial charge in [-0.25, -0.2) is 4.79 Å². The van der Waals surface area contributed by atoms with Gasteiger partial charge in [0.2, 0.25) is 0 Å². The number of aliphatic hydroxyl groups excluding tert-OH is 1. The highest BCUT2D eigenvalue weighted by Crippen LogP contribution is 2.37. The van der Waals surface area contributed by atoms with Crippen molar-refractivity contribution in [3.63, 3.8) is 0 Å². The summed E-state index contributed by atoms with van der Waals surface area (Å²) in [4.78, 5) is 16.7. The highest BCUT2D eigenvalue weighted by Gasteiger charge is 2.48. The Labute approximate surface area is 200 Å². The number of ether oxygens (including phenoxy) is 3. The Morgan fingerprint density at radius 2 is 1.79 bits per heavy atom. The van der Waals surface area contributed by atoms with Crippen molar-refractivity contribution in [2.24, 2.45) is 0 Å². The van der Waals surface area contributed by atoms with Crippen LogP contribution in [0.2, 0.25) is 0 Å². The van der Waals surface area contributed by atoms with Crippen LogP contribution in [0.25, 0.3) is 0 Å². The smallest absolute Gasteiger partial charge is 0.415 e. The number of benzene rings is 2. The third-order valence-corrected chi connectivity index (χ3v) is 6.81. The van der Waals surface area contributed by atoms with Gasteiger partial charge in [-0.1, -0.05) is 37.3 Å². The summed E-state index contributed by atoms with van der Waals surface area (Å²) in [6, 6.07) is 15.5. The zero-order valence-corrected chi connectivity index (χ0v) is 19.6. The topological polar surface area (TPSA) is 71.5 Å². The molecular weight excluding hydrogens is 444 g/mol. The van der Waals surface area contributed by atoms with Gasteiger partial charge in [0.15, 0.2) is 17.6 Å². The van der Waals surface area contributed by atoms with E-state index in [1.54, 1.807) is 4.90 Å². The largest absolute Gasteiger partial charge is 0.486 e. The minimum Gasteiger partial charge on any atom is -0.486 e. The Morgan fingerprint density at radius 1 is 1.09 bits per heavy atom. The van der Waals surface area contributed by atoms with Crippen molar-refractivity contribution >= 4 is 24.2 Å². The molecule has 0 aromatic heterocycles. The summed E-state index contributed by atoms with van der Waals surface area (Å²) in [6.45, 7) is 5.03. The van der Waals surface area contributed by atoms with Crippen LogP contribution in [0.1, 0.15) is 25.3 Å². The van der Waals surface area contributed by atoms with Crippen molar-refractivity contribution in [2.45, 2.75) is 44.0 Å². The molecule has 0 bridgehead atoms. The standard InChI is InChI=1S/C25H30N2O5.ClH/c1-2-18-7-3-4-8-19(18)27-17-25(32-24(27)29)11-13-26(14-12-25)15-20(28)23-16-30-21-9-5-6-10-22(21)31-23;/h3-10,20,23,28H,2,11-17H2,1H3;1H. The van der Waals surface area contributed by atoms with Crippen LogP contribution in [-0.4, -0.2) is 66.7 Å². The number of β-amino-alcohol motifs (C(OH)–C–C–N with tert-alkyl or cyclic N) is 1. The van der Waals surface area contributed by atoms with E-state index in [0.717, 1.165) is 43.6 Å². The van der Waals surface area contributed by atoms with Crippen molar-refractivity contribution in [2.75, 3.05) is 37.7 Å². The van der Waals surface area contributed by atoms with Crippen LogP contribution in [-0.2, 0) is 11.2 Å². The van der Waals surface area contributed by atoms with E-state index in [-0.39, 0.29) is 18.5 Å². The van der Waals surface area contributed by atoms with Crippen molar-refractivity contribution in [3.8, 4) is 11.5 Å². The number of carbonyl (C=O) groups excluding carboxylic acids is 1. The number of halogens is 1. The maximum absolute atomic E-state index is 12.7. The number of rotatable bonds is 5. The fourth-order valence-electron chi connectivity index (χ4n) is 4.89. The van der Waals surface area contributed by atoms with Gasteiger partial charge in [0.1, 0.15) is 18.3 Å². The van der Waals surface area contributed by atoms with Crippen molar-refractivity contribution in [1.29, 1.82) is 0 Å². The van der Waals surface area contributed by atoms with E-state index in [0.29, 0.717) is 31.2 Å². The molecule has 0 saturated carbocycles. The van der Waals surface area contributed by atoms with Crippen LogP contribution in [0.15, 0.2) is 48.5 Å². The van der Waals surface area contributed by atoms with E-state index in [1.807, 2.05) is 42.5 Å². The summed E-state index contributed by atoms with van der Waals surface area (Å²) in [6.07, 6.45) is 1.06. The maximum Gasteiger partial charge on any atom is 0.415 e. The molecule has 178 valence electrons. The van der Waals surface area contributed by atoms with Gasteiger partial charge in [-0.3, -0.25) is 4.90 Å². The number of para-hydroxylation sites is 3. The fraction of sp³-hybridized carbons (Fsp3) is 0.480. The molecular formula is C25H31ClN2O5. The van der Waals surface area contributed by atoms with Crippen LogP contribution >= 0.6 is 12.4 Å². The minimum absolute atomic E-state index is 0. The highest BCUT2D eigenvalue weighted by molar-refractivity contribution is 5.91. The number of aryl methyl sites for hydroxylation is 1. The molecule has 0 radical (unpaired) electrons. The molecule has 3 aliphatic heterocycles. The Balaban J connectivity index is 0.00000259. The summed E-state index contributed by atoms with van der Waals surface area (Å²) in [7, 11) is 0. The van der Waals surface area contributed by atoms with Crippen LogP contribution in [0.4, 0.5) is 10.5 Å². The van der Waals surface area contributed by atoms with E-state index in [2.05, 4.69) is 17.9 Å². The second-order valence-electron chi connectivity index (χ2n) is 8.90. The second-order valence-corrected chi connectivity index (χ2v) is 8.90. The number of amides is 1. The molecule has 3 heterocycles. The predicted molar refractivity (Wildman–Crippen MR) is 128 cm³/mol. The van der Waals surface area contributed by atoms with Crippen molar-refractivity contribution in [1.82, 2.24) is 4.90 Å². The number of piperidine rings is 1. The average molecular weight is 475 g/mol. The zero-order chi connectivity index (χ0) is 22.1. The normalized spacial score (nSPS) is 22.5. The molecule has 33 heavy (non-hydrogen) atoms. The Hall–Kier alpha value is -2.48. The first-order valence-corrected chi connectivity index (χ1v) is 11.4. The van der Waals surface area contributed by atoms with Gasteiger partial charge in [-0.2, -0.15) is 0 Å². The molecule has 1 amide bonds. The van der Waals surface area contributed by atoms with E-state index < -0.39 is 17.8 Å². The summed E-state index contributed by atoms with van der Waals surface area (Å²) >= 11 is 0. The van der Waals surface area contributed by atoms with E-state index in [4.69, 9.17) is 14.2 Å². The first-order valence-electron chi connectivity index (χ1n) is 11.4. The van der Waals surface area contributed by atoms with Crippen LogP contribution in [0.5, 0.6) is 11.5 Å². The van der Waals surface area contributed by atoms with Crippen molar-refractivity contribution in [3.05, 3.63) is 54.1 Å². The number of carbonyl (C=O) groups is 1. The molecule has 5 rings (SSSR count). The molecule has 2 unspecified atom stereocenters. The van der Waals surface area contributed by atoms with E-state index in [9.17, 15) is 9.90 Å². The molecule has 2 fully saturated rings. The first kappa shape index (κ1) is 23.7. The molecule has 3 aliphatic rings. The quantitative estimate of drug-likeness (QED) is 0.713. The van der Waals surface area contributed by atoms with Gasteiger partial charge in [0.25, 0.3) is 0 Å². The highest BCUT2D eigenvalue weighted by atomic mass is 35.5. The van der Waals surface area contributed by atoms with Gasteiger partial charge in [0, 0.05) is 32.5 Å². The monoisotopic (exact) mass is 474 g/mol. The number of anilines is 1. The predicted octanol–water partition coefficient (Wildman–Crippen LogP) is 3.66. The SMILES string of the molecule is CCc1ccccc1N1CC2(CCN(CC(O)C3COc4ccccc4O3)CC2)OC1=O.Cl. The molecule has 1 spiro atoms. The molecule has 2 saturated heterocycles. The number of fused-ring (bicyclic) bond motifs is 1. The molecule has 8 heteroatoms.